The number of piperazine rings is 1. The van der Waals surface area contributed by atoms with Gasteiger partial charge in [-0.15, -0.1) is 0 Å². The molecule has 2 rings (SSSR count). The monoisotopic (exact) mass is 304 g/mol. The third-order valence-corrected chi connectivity index (χ3v) is 3.94. The van der Waals surface area contributed by atoms with Crippen molar-refractivity contribution in [2.45, 2.75) is 32.4 Å². The lowest BCUT2D eigenvalue weighted by Crippen LogP contribution is -2.60. The summed E-state index contributed by atoms with van der Waals surface area (Å²) < 4.78 is 0. The van der Waals surface area contributed by atoms with Crippen LogP contribution < -0.4 is 0 Å². The zero-order chi connectivity index (χ0) is 16.3. The number of nitrogens with zero attached hydrogens (tertiary/aromatic N) is 2. The van der Waals surface area contributed by atoms with E-state index < -0.39 is 12.0 Å². The van der Waals surface area contributed by atoms with Gasteiger partial charge in [-0.3, -0.25) is 14.4 Å². The zero-order valence-electron chi connectivity index (χ0n) is 12.7. The lowest BCUT2D eigenvalue weighted by Gasteiger charge is -2.44. The fraction of sp³-hybridized carbons (Fsp3) is 0.438. The minimum Gasteiger partial charge on any atom is -0.481 e. The maximum atomic E-state index is 12.6. The minimum absolute atomic E-state index is 0.102. The van der Waals surface area contributed by atoms with Crippen molar-refractivity contribution in [2.24, 2.45) is 0 Å². The van der Waals surface area contributed by atoms with Crippen molar-refractivity contribution in [3.63, 3.8) is 0 Å². The summed E-state index contributed by atoms with van der Waals surface area (Å²) in [6, 6.07) is 8.15. The molecule has 118 valence electrons. The van der Waals surface area contributed by atoms with Crippen LogP contribution in [-0.2, 0) is 9.59 Å². The van der Waals surface area contributed by atoms with E-state index in [1.807, 2.05) is 13.0 Å². The fourth-order valence-electron chi connectivity index (χ4n) is 2.85. The maximum absolute atomic E-state index is 12.6. The van der Waals surface area contributed by atoms with Crippen molar-refractivity contribution in [2.75, 3.05) is 13.1 Å². The molecule has 0 aromatic heterocycles. The van der Waals surface area contributed by atoms with Gasteiger partial charge in [0, 0.05) is 31.6 Å². The summed E-state index contributed by atoms with van der Waals surface area (Å²) in [5.41, 5.74) is 0.529. The van der Waals surface area contributed by atoms with Gasteiger partial charge >= 0.3 is 5.97 Å². The van der Waals surface area contributed by atoms with E-state index in [1.165, 1.54) is 6.92 Å². The van der Waals surface area contributed by atoms with Gasteiger partial charge in [-0.25, -0.2) is 0 Å². The summed E-state index contributed by atoms with van der Waals surface area (Å²) >= 11 is 0. The largest absolute Gasteiger partial charge is 0.481 e. The van der Waals surface area contributed by atoms with Crippen molar-refractivity contribution in [1.82, 2.24) is 9.80 Å². The van der Waals surface area contributed by atoms with Crippen LogP contribution in [0.2, 0.25) is 0 Å². The van der Waals surface area contributed by atoms with E-state index in [-0.39, 0.29) is 30.8 Å². The van der Waals surface area contributed by atoms with Gasteiger partial charge in [0.05, 0.1) is 12.5 Å². The molecular weight excluding hydrogens is 284 g/mol. The predicted molar refractivity (Wildman–Crippen MR) is 80.4 cm³/mol. The summed E-state index contributed by atoms with van der Waals surface area (Å²) in [6.45, 7) is 3.92. The van der Waals surface area contributed by atoms with Crippen LogP contribution in [0.4, 0.5) is 0 Å². The molecule has 0 unspecified atom stereocenters. The lowest BCUT2D eigenvalue weighted by atomic mass is 10.0. The molecule has 1 N–H and O–H groups in total. The topological polar surface area (TPSA) is 77.9 Å². The SMILES string of the molecule is CC(=O)N1C[C@H](CC(=O)O)N(C(=O)c2ccccc2)C[C@H]1C. The van der Waals surface area contributed by atoms with Crippen molar-refractivity contribution >= 4 is 17.8 Å². The highest BCUT2D eigenvalue weighted by molar-refractivity contribution is 5.95. The quantitative estimate of drug-likeness (QED) is 0.911. The second-order valence-electron chi connectivity index (χ2n) is 5.60. The average Bonchev–Trinajstić information content (AvgIpc) is 2.48. The number of hydrogen-bond donors (Lipinski definition) is 1. The van der Waals surface area contributed by atoms with E-state index in [4.69, 9.17) is 5.11 Å². The van der Waals surface area contributed by atoms with Crippen molar-refractivity contribution < 1.29 is 19.5 Å². The molecular formula is C16H20N2O4. The van der Waals surface area contributed by atoms with Gasteiger partial charge in [0.25, 0.3) is 5.91 Å². The summed E-state index contributed by atoms with van der Waals surface area (Å²) in [6.07, 6.45) is -0.172. The highest BCUT2D eigenvalue weighted by Crippen LogP contribution is 2.20. The van der Waals surface area contributed by atoms with Crippen LogP contribution in [0, 0.1) is 0 Å². The second kappa shape index (κ2) is 6.60. The van der Waals surface area contributed by atoms with Crippen LogP contribution in [0.15, 0.2) is 30.3 Å². The molecule has 6 heteroatoms. The molecule has 1 aromatic carbocycles. The first-order valence-corrected chi connectivity index (χ1v) is 7.25. The van der Waals surface area contributed by atoms with Gasteiger partial charge in [-0.1, -0.05) is 18.2 Å². The van der Waals surface area contributed by atoms with E-state index in [2.05, 4.69) is 0 Å². The van der Waals surface area contributed by atoms with E-state index >= 15 is 0 Å². The summed E-state index contributed by atoms with van der Waals surface area (Å²) in [5, 5.41) is 9.09. The van der Waals surface area contributed by atoms with Crippen LogP contribution in [0.3, 0.4) is 0 Å². The number of carbonyl (C=O) groups excluding carboxylic acids is 2. The predicted octanol–water partition coefficient (Wildman–Crippen LogP) is 1.22. The third kappa shape index (κ3) is 3.44. The van der Waals surface area contributed by atoms with Crippen LogP contribution in [0.1, 0.15) is 30.6 Å². The number of carbonyl (C=O) groups is 3. The van der Waals surface area contributed by atoms with Crippen molar-refractivity contribution in [1.29, 1.82) is 0 Å². The Labute approximate surface area is 129 Å². The highest BCUT2D eigenvalue weighted by Gasteiger charge is 2.36. The Bertz CT molecular complexity index is 573. The number of carboxylic acid groups (broad SMARTS) is 1. The fourth-order valence-corrected chi connectivity index (χ4v) is 2.85. The molecule has 0 spiro atoms. The Hall–Kier alpha value is -2.37. The van der Waals surface area contributed by atoms with Gasteiger partial charge in [-0.05, 0) is 19.1 Å². The van der Waals surface area contributed by atoms with Gasteiger partial charge in [0.1, 0.15) is 0 Å². The molecule has 1 fully saturated rings. The first kappa shape index (κ1) is 16.0. The first-order chi connectivity index (χ1) is 10.4. The molecule has 1 heterocycles. The second-order valence-corrected chi connectivity index (χ2v) is 5.60. The Balaban J connectivity index is 2.25. The average molecular weight is 304 g/mol. The molecule has 0 radical (unpaired) electrons. The van der Waals surface area contributed by atoms with Crippen LogP contribution in [-0.4, -0.2) is 57.9 Å². The zero-order valence-corrected chi connectivity index (χ0v) is 12.7. The summed E-state index contributed by atoms with van der Waals surface area (Å²) in [5.74, 6) is -1.27. The van der Waals surface area contributed by atoms with E-state index in [0.29, 0.717) is 12.1 Å². The standard InChI is InChI=1S/C16H20N2O4/c1-11-9-18(16(22)13-6-4-3-5-7-13)14(8-15(20)21)10-17(11)12(2)19/h3-7,11,14H,8-10H2,1-2H3,(H,20,21)/t11-,14+/m1/s1. The molecule has 1 saturated heterocycles. The molecule has 1 aromatic rings. The molecule has 1 aliphatic heterocycles. The van der Waals surface area contributed by atoms with Crippen LogP contribution in [0.25, 0.3) is 0 Å². The maximum Gasteiger partial charge on any atom is 0.305 e. The summed E-state index contributed by atoms with van der Waals surface area (Å²) in [4.78, 5) is 38.6. The van der Waals surface area contributed by atoms with Gasteiger partial charge in [0.2, 0.25) is 5.91 Å². The van der Waals surface area contributed by atoms with Gasteiger partial charge < -0.3 is 14.9 Å². The number of benzene rings is 1. The molecule has 1 aliphatic rings. The van der Waals surface area contributed by atoms with Crippen molar-refractivity contribution in [3.05, 3.63) is 35.9 Å². The Kier molecular flexibility index (Phi) is 4.80. The number of carboxylic acids is 1. The van der Waals surface area contributed by atoms with Crippen LogP contribution in [0.5, 0.6) is 0 Å². The molecule has 2 amide bonds. The normalized spacial score (nSPS) is 21.5. The van der Waals surface area contributed by atoms with Gasteiger partial charge in [-0.2, -0.15) is 0 Å². The number of amides is 2. The lowest BCUT2D eigenvalue weighted by molar-refractivity contribution is -0.142. The third-order valence-electron chi connectivity index (χ3n) is 3.94. The Morgan fingerprint density at radius 2 is 1.77 bits per heavy atom. The van der Waals surface area contributed by atoms with E-state index in [0.717, 1.165) is 0 Å². The number of hydrogen-bond acceptors (Lipinski definition) is 3. The smallest absolute Gasteiger partial charge is 0.305 e. The molecule has 6 nitrogen and oxygen atoms in total. The molecule has 0 aliphatic carbocycles. The molecule has 0 bridgehead atoms. The number of rotatable bonds is 3. The Morgan fingerprint density at radius 1 is 1.14 bits per heavy atom. The minimum atomic E-state index is -0.978. The van der Waals surface area contributed by atoms with Crippen molar-refractivity contribution in [3.8, 4) is 0 Å². The highest BCUT2D eigenvalue weighted by atomic mass is 16.4. The molecule has 0 saturated carbocycles. The summed E-state index contributed by atoms with van der Waals surface area (Å²) in [7, 11) is 0. The first-order valence-electron chi connectivity index (χ1n) is 7.25. The number of aliphatic carboxylic acids is 1. The molecule has 22 heavy (non-hydrogen) atoms. The van der Waals surface area contributed by atoms with Gasteiger partial charge in [0.15, 0.2) is 0 Å². The Morgan fingerprint density at radius 3 is 2.32 bits per heavy atom. The van der Waals surface area contributed by atoms with E-state index in [9.17, 15) is 14.4 Å². The molecule has 2 atom stereocenters. The van der Waals surface area contributed by atoms with Crippen LogP contribution >= 0.6 is 0 Å². The van der Waals surface area contributed by atoms with E-state index in [1.54, 1.807) is 34.1 Å².